The fraction of sp³-hybridized carbons (Fsp3) is 0.684. The van der Waals surface area contributed by atoms with E-state index in [-0.39, 0.29) is 29.4 Å². The van der Waals surface area contributed by atoms with Crippen LogP contribution in [-0.4, -0.2) is 42.8 Å². The molecule has 3 atom stereocenters. The summed E-state index contributed by atoms with van der Waals surface area (Å²) in [5.41, 5.74) is 2.45. The number of aryl methyl sites for hydroxylation is 1. The van der Waals surface area contributed by atoms with Crippen molar-refractivity contribution in [3.05, 3.63) is 29.6 Å². The van der Waals surface area contributed by atoms with Crippen LogP contribution in [0.4, 0.5) is 0 Å². The number of aromatic nitrogens is 1. The van der Waals surface area contributed by atoms with Crippen LogP contribution in [0.5, 0.6) is 0 Å². The van der Waals surface area contributed by atoms with Gasteiger partial charge in [0.1, 0.15) is 0 Å². The highest BCUT2D eigenvalue weighted by atomic mass is 127. The topological polar surface area (TPSA) is 58.5 Å². The van der Waals surface area contributed by atoms with Crippen molar-refractivity contribution in [2.24, 2.45) is 16.3 Å². The minimum absolute atomic E-state index is 0. The summed E-state index contributed by atoms with van der Waals surface area (Å²) < 4.78 is 5.88. The summed E-state index contributed by atoms with van der Waals surface area (Å²) in [4.78, 5) is 9.10. The van der Waals surface area contributed by atoms with Crippen LogP contribution in [0.15, 0.2) is 23.3 Å². The van der Waals surface area contributed by atoms with Crippen molar-refractivity contribution in [1.29, 1.82) is 0 Å². The van der Waals surface area contributed by atoms with E-state index in [1.165, 1.54) is 5.56 Å². The highest BCUT2D eigenvalue weighted by molar-refractivity contribution is 14.0. The van der Waals surface area contributed by atoms with E-state index in [0.29, 0.717) is 18.1 Å². The van der Waals surface area contributed by atoms with Gasteiger partial charge in [-0.2, -0.15) is 0 Å². The van der Waals surface area contributed by atoms with Gasteiger partial charge in [-0.25, -0.2) is 0 Å². The van der Waals surface area contributed by atoms with E-state index in [1.807, 2.05) is 13.1 Å². The maximum Gasteiger partial charge on any atom is 0.191 e. The fourth-order valence-corrected chi connectivity index (χ4v) is 4.03. The number of nitrogens with zero attached hydrogens (tertiary/aromatic N) is 2. The zero-order chi connectivity index (χ0) is 17.2. The third-order valence-electron chi connectivity index (χ3n) is 5.38. The van der Waals surface area contributed by atoms with Crippen molar-refractivity contribution in [2.75, 3.05) is 19.7 Å². The minimum atomic E-state index is 0. The van der Waals surface area contributed by atoms with Gasteiger partial charge in [0.2, 0.25) is 0 Å². The van der Waals surface area contributed by atoms with Crippen molar-refractivity contribution in [1.82, 2.24) is 15.6 Å². The molecule has 1 aliphatic carbocycles. The van der Waals surface area contributed by atoms with Crippen LogP contribution < -0.4 is 10.6 Å². The molecule has 2 aliphatic rings. The predicted octanol–water partition coefficient (Wildman–Crippen LogP) is 2.92. The number of guanidine groups is 1. The molecule has 0 radical (unpaired) electrons. The Morgan fingerprint density at radius 1 is 1.40 bits per heavy atom. The third-order valence-corrected chi connectivity index (χ3v) is 5.38. The van der Waals surface area contributed by atoms with Crippen molar-refractivity contribution in [3.8, 4) is 0 Å². The Labute approximate surface area is 168 Å². The average Bonchev–Trinajstić information content (AvgIpc) is 3.01. The summed E-state index contributed by atoms with van der Waals surface area (Å²) >= 11 is 0. The molecule has 2 fully saturated rings. The largest absolute Gasteiger partial charge is 0.377 e. The van der Waals surface area contributed by atoms with Gasteiger partial charge in [-0.15, -0.1) is 24.0 Å². The molecule has 3 unspecified atom stereocenters. The molecule has 1 saturated carbocycles. The van der Waals surface area contributed by atoms with Gasteiger partial charge in [-0.3, -0.25) is 9.98 Å². The molecule has 1 saturated heterocycles. The summed E-state index contributed by atoms with van der Waals surface area (Å²) in [5, 5.41) is 7.03. The second-order valence-corrected chi connectivity index (χ2v) is 7.51. The van der Waals surface area contributed by atoms with Crippen molar-refractivity contribution in [2.45, 2.75) is 52.7 Å². The normalized spacial score (nSPS) is 27.0. The lowest BCUT2D eigenvalue weighted by molar-refractivity contribution is -0.106. The first-order chi connectivity index (χ1) is 11.5. The molecule has 1 aromatic heterocycles. The first-order valence-corrected chi connectivity index (χ1v) is 9.10. The molecule has 1 aromatic rings. The maximum atomic E-state index is 5.88. The highest BCUT2D eigenvalue weighted by Crippen LogP contribution is 2.52. The van der Waals surface area contributed by atoms with Gasteiger partial charge in [-0.05, 0) is 38.3 Å². The van der Waals surface area contributed by atoms with E-state index >= 15 is 0 Å². The Balaban J connectivity index is 0.00000225. The number of rotatable bonds is 5. The van der Waals surface area contributed by atoms with Crippen molar-refractivity contribution >= 4 is 29.9 Å². The van der Waals surface area contributed by atoms with Gasteiger partial charge in [0.25, 0.3) is 0 Å². The standard InChI is InChI=1S/C19H30N4O.HI/c1-5-20-18(21-10-8-14-7-6-13(2)22-12-14)23-16-15-9-11-24-17(15)19(16,3)4;/h6-7,12,15-17H,5,8-11H2,1-4H3,(H2,20,21,23);1H. The van der Waals surface area contributed by atoms with Crippen LogP contribution in [0.2, 0.25) is 0 Å². The maximum absolute atomic E-state index is 5.88. The van der Waals surface area contributed by atoms with Crippen LogP contribution in [0.3, 0.4) is 0 Å². The number of aliphatic imine (C=N–C) groups is 1. The lowest BCUT2D eigenvalue weighted by Gasteiger charge is -2.54. The fourth-order valence-electron chi connectivity index (χ4n) is 4.03. The molecule has 25 heavy (non-hydrogen) atoms. The van der Waals surface area contributed by atoms with Gasteiger partial charge in [0.05, 0.1) is 6.10 Å². The molecule has 140 valence electrons. The van der Waals surface area contributed by atoms with E-state index in [0.717, 1.165) is 44.2 Å². The lowest BCUT2D eigenvalue weighted by atomic mass is 9.57. The van der Waals surface area contributed by atoms with E-state index in [1.54, 1.807) is 0 Å². The highest BCUT2D eigenvalue weighted by Gasteiger charge is 2.59. The monoisotopic (exact) mass is 458 g/mol. The number of fused-ring (bicyclic) bond motifs is 1. The molecule has 3 rings (SSSR count). The van der Waals surface area contributed by atoms with E-state index in [4.69, 9.17) is 9.73 Å². The molecule has 2 N–H and O–H groups in total. The number of hydrogen-bond donors (Lipinski definition) is 2. The first kappa shape index (κ1) is 20.4. The molecule has 0 amide bonds. The van der Waals surface area contributed by atoms with Crippen molar-refractivity contribution in [3.63, 3.8) is 0 Å². The van der Waals surface area contributed by atoms with Gasteiger partial charge in [-0.1, -0.05) is 19.9 Å². The third kappa shape index (κ3) is 4.45. The number of halogens is 1. The second kappa shape index (κ2) is 8.66. The Kier molecular flexibility index (Phi) is 7.08. The van der Waals surface area contributed by atoms with E-state index < -0.39 is 0 Å². The minimum Gasteiger partial charge on any atom is -0.377 e. The Bertz CT molecular complexity index is 588. The molecular formula is C19H31IN4O. The molecule has 5 nitrogen and oxygen atoms in total. The summed E-state index contributed by atoms with van der Waals surface area (Å²) in [6.45, 7) is 11.2. The quantitative estimate of drug-likeness (QED) is 0.405. The summed E-state index contributed by atoms with van der Waals surface area (Å²) in [5.74, 6) is 1.53. The molecule has 0 bridgehead atoms. The zero-order valence-electron chi connectivity index (χ0n) is 15.7. The van der Waals surface area contributed by atoms with E-state index in [2.05, 4.69) is 48.5 Å². The SMILES string of the molecule is CCNC(=NCCc1ccc(C)nc1)NC1C2CCOC2C1(C)C.I. The smallest absolute Gasteiger partial charge is 0.191 e. The van der Waals surface area contributed by atoms with Crippen LogP contribution in [0, 0.1) is 18.3 Å². The van der Waals surface area contributed by atoms with Crippen LogP contribution in [-0.2, 0) is 11.2 Å². The van der Waals surface area contributed by atoms with E-state index in [9.17, 15) is 0 Å². The van der Waals surface area contributed by atoms with Crippen LogP contribution >= 0.6 is 24.0 Å². The molecule has 0 aromatic carbocycles. The first-order valence-electron chi connectivity index (χ1n) is 9.10. The van der Waals surface area contributed by atoms with Gasteiger partial charge in [0, 0.05) is 49.0 Å². The number of nitrogens with one attached hydrogen (secondary N) is 2. The van der Waals surface area contributed by atoms with Gasteiger partial charge >= 0.3 is 0 Å². The van der Waals surface area contributed by atoms with Crippen LogP contribution in [0.1, 0.15) is 38.4 Å². The molecular weight excluding hydrogens is 427 g/mol. The molecule has 1 aliphatic heterocycles. The Morgan fingerprint density at radius 2 is 2.20 bits per heavy atom. The average molecular weight is 458 g/mol. The Morgan fingerprint density at radius 3 is 2.88 bits per heavy atom. The summed E-state index contributed by atoms with van der Waals surface area (Å²) in [6, 6.07) is 4.62. The van der Waals surface area contributed by atoms with Crippen LogP contribution in [0.25, 0.3) is 0 Å². The number of ether oxygens (including phenoxy) is 1. The number of pyridine rings is 1. The van der Waals surface area contributed by atoms with Gasteiger partial charge < -0.3 is 15.4 Å². The predicted molar refractivity (Wildman–Crippen MR) is 113 cm³/mol. The molecule has 6 heteroatoms. The lowest BCUT2D eigenvalue weighted by Crippen LogP contribution is -2.68. The van der Waals surface area contributed by atoms with Gasteiger partial charge in [0.15, 0.2) is 5.96 Å². The molecule has 0 spiro atoms. The molecule has 2 heterocycles. The second-order valence-electron chi connectivity index (χ2n) is 7.51. The number of hydrogen-bond acceptors (Lipinski definition) is 3. The van der Waals surface area contributed by atoms with Crippen molar-refractivity contribution < 1.29 is 4.74 Å². The summed E-state index contributed by atoms with van der Waals surface area (Å²) in [6.07, 6.45) is 4.41. The Hall–Kier alpha value is -0.890. The zero-order valence-corrected chi connectivity index (χ0v) is 18.0. The summed E-state index contributed by atoms with van der Waals surface area (Å²) in [7, 11) is 0.